The number of hydrogen-bond donors (Lipinski definition) is 0. The van der Waals surface area contributed by atoms with E-state index < -0.39 is 23.2 Å². The lowest BCUT2D eigenvalue weighted by atomic mass is 9.93. The number of halogens is 2. The molecule has 0 unspecified atom stereocenters. The number of ether oxygens (including phenoxy) is 1. The summed E-state index contributed by atoms with van der Waals surface area (Å²) in [7, 11) is 0. The van der Waals surface area contributed by atoms with E-state index in [1.165, 1.54) is 17.2 Å². The van der Waals surface area contributed by atoms with Crippen LogP contribution in [0.3, 0.4) is 0 Å². The lowest BCUT2D eigenvalue weighted by molar-refractivity contribution is 0.0734. The van der Waals surface area contributed by atoms with Gasteiger partial charge in [-0.3, -0.25) is 0 Å². The molecule has 0 radical (unpaired) electrons. The van der Waals surface area contributed by atoms with Crippen LogP contribution in [-0.4, -0.2) is 5.97 Å². The van der Waals surface area contributed by atoms with Gasteiger partial charge in [0.05, 0.1) is 5.56 Å². The maximum Gasteiger partial charge on any atom is 0.343 e. The second-order valence-corrected chi connectivity index (χ2v) is 8.48. The third kappa shape index (κ3) is 6.11. The molecule has 0 spiro atoms. The van der Waals surface area contributed by atoms with Crippen LogP contribution < -0.4 is 4.74 Å². The second kappa shape index (κ2) is 11.2. The molecule has 0 fully saturated rings. The van der Waals surface area contributed by atoms with Crippen molar-refractivity contribution in [3.05, 3.63) is 136 Å². The fourth-order valence-electron chi connectivity index (χ4n) is 3.82. The first-order valence-electron chi connectivity index (χ1n) is 11.5. The van der Waals surface area contributed by atoms with Gasteiger partial charge in [0.1, 0.15) is 29.0 Å². The molecular weight excluding hydrogens is 456 g/mol. The highest BCUT2D eigenvalue weighted by Gasteiger charge is 2.15. The van der Waals surface area contributed by atoms with E-state index >= 15 is 0 Å². The van der Waals surface area contributed by atoms with Crippen molar-refractivity contribution in [2.24, 2.45) is 0 Å². The Morgan fingerprint density at radius 2 is 1.44 bits per heavy atom. The van der Waals surface area contributed by atoms with Crippen LogP contribution in [0.25, 0.3) is 12.2 Å². The average Bonchev–Trinajstić information content (AvgIpc) is 2.89. The van der Waals surface area contributed by atoms with E-state index in [4.69, 9.17) is 10.00 Å². The molecule has 178 valence electrons. The minimum Gasteiger partial charge on any atom is -0.423 e. The lowest BCUT2D eigenvalue weighted by Crippen LogP contribution is -2.09. The molecule has 1 atom stereocenters. The Morgan fingerprint density at radius 1 is 0.889 bits per heavy atom. The van der Waals surface area contributed by atoms with Crippen LogP contribution in [-0.2, 0) is 6.42 Å². The van der Waals surface area contributed by atoms with Gasteiger partial charge in [0.25, 0.3) is 0 Å². The summed E-state index contributed by atoms with van der Waals surface area (Å²) >= 11 is 0. The molecule has 36 heavy (non-hydrogen) atoms. The van der Waals surface area contributed by atoms with Crippen LogP contribution in [0.1, 0.15) is 51.0 Å². The number of nitrogens with zero attached hydrogens (tertiary/aromatic N) is 1. The minimum absolute atomic E-state index is 0.231. The van der Waals surface area contributed by atoms with Crippen molar-refractivity contribution >= 4 is 18.1 Å². The van der Waals surface area contributed by atoms with E-state index in [2.05, 4.69) is 55.5 Å². The molecule has 4 rings (SSSR count). The van der Waals surface area contributed by atoms with Gasteiger partial charge in [-0.15, -0.1) is 0 Å². The number of rotatable bonds is 7. The normalized spacial score (nSPS) is 11.7. The van der Waals surface area contributed by atoms with Crippen molar-refractivity contribution in [2.45, 2.75) is 19.3 Å². The molecule has 0 saturated heterocycles. The fraction of sp³-hybridized carbons (Fsp3) is 0.0968. The molecule has 4 aromatic rings. The van der Waals surface area contributed by atoms with Crippen LogP contribution in [0.5, 0.6) is 5.75 Å². The maximum absolute atomic E-state index is 13.7. The predicted octanol–water partition coefficient (Wildman–Crippen LogP) is 7.57. The third-order valence-corrected chi connectivity index (χ3v) is 5.84. The first kappa shape index (κ1) is 24.6. The molecule has 0 aromatic heterocycles. The topological polar surface area (TPSA) is 50.1 Å². The molecule has 0 saturated carbocycles. The second-order valence-electron chi connectivity index (χ2n) is 8.48. The summed E-state index contributed by atoms with van der Waals surface area (Å²) in [5.74, 6) is -2.79. The van der Waals surface area contributed by atoms with E-state index in [1.54, 1.807) is 24.3 Å². The van der Waals surface area contributed by atoms with Crippen molar-refractivity contribution in [1.29, 1.82) is 5.26 Å². The van der Waals surface area contributed by atoms with Crippen LogP contribution >= 0.6 is 0 Å². The van der Waals surface area contributed by atoms with E-state index in [1.807, 2.05) is 18.2 Å². The summed E-state index contributed by atoms with van der Waals surface area (Å²) in [6.07, 6.45) is 4.88. The van der Waals surface area contributed by atoms with Crippen LogP contribution in [0.2, 0.25) is 0 Å². The van der Waals surface area contributed by atoms with Gasteiger partial charge in [-0.05, 0) is 46.7 Å². The highest BCUT2D eigenvalue weighted by molar-refractivity contribution is 5.91. The van der Waals surface area contributed by atoms with Crippen molar-refractivity contribution in [3.8, 4) is 11.8 Å². The standard InChI is InChI=1S/C31H23F2NO2/c1-21(25-5-3-2-4-6-25)17-24-11-9-22(10-12-24)7-8-23-13-15-26(16-14-23)31(35)36-27-18-29(32)28(20-34)30(33)19-27/h2-16,18-19,21H,17H2,1H3/t21-/m0/s1. The lowest BCUT2D eigenvalue weighted by Gasteiger charge is -2.12. The van der Waals surface area contributed by atoms with Gasteiger partial charge in [-0.2, -0.15) is 5.26 Å². The molecule has 0 N–H and O–H groups in total. The Labute approximate surface area is 208 Å². The van der Waals surface area contributed by atoms with Crippen molar-refractivity contribution in [3.63, 3.8) is 0 Å². The Hall–Kier alpha value is -4.56. The summed E-state index contributed by atoms with van der Waals surface area (Å²) in [5, 5.41) is 8.73. The smallest absolute Gasteiger partial charge is 0.343 e. The predicted molar refractivity (Wildman–Crippen MR) is 136 cm³/mol. The zero-order valence-electron chi connectivity index (χ0n) is 19.6. The molecule has 0 aliphatic rings. The summed E-state index contributed by atoms with van der Waals surface area (Å²) < 4.78 is 32.5. The van der Waals surface area contributed by atoms with E-state index in [0.717, 1.165) is 29.7 Å². The first-order chi connectivity index (χ1) is 17.4. The Bertz CT molecular complexity index is 1400. The molecule has 0 amide bonds. The van der Waals surface area contributed by atoms with Gasteiger partial charge in [0.2, 0.25) is 0 Å². The number of carbonyl (C=O) groups is 1. The summed E-state index contributed by atoms with van der Waals surface area (Å²) in [5.41, 5.74) is 4.04. The zero-order chi connectivity index (χ0) is 25.5. The van der Waals surface area contributed by atoms with Crippen molar-refractivity contribution in [1.82, 2.24) is 0 Å². The number of carbonyl (C=O) groups excluding carboxylic acids is 1. The van der Waals surface area contributed by atoms with E-state index in [9.17, 15) is 13.6 Å². The third-order valence-electron chi connectivity index (χ3n) is 5.84. The van der Waals surface area contributed by atoms with E-state index in [-0.39, 0.29) is 11.3 Å². The highest BCUT2D eigenvalue weighted by atomic mass is 19.1. The SMILES string of the molecule is C[C@@H](Cc1ccc(C=Cc2ccc(C(=O)Oc3cc(F)c(C#N)c(F)c3)cc2)cc1)c1ccccc1. The molecular formula is C31H23F2NO2. The molecule has 0 aliphatic carbocycles. The molecule has 0 bridgehead atoms. The zero-order valence-corrected chi connectivity index (χ0v) is 19.6. The summed E-state index contributed by atoms with van der Waals surface area (Å²) in [4.78, 5) is 12.3. The molecule has 5 heteroatoms. The minimum atomic E-state index is -1.08. The van der Waals surface area contributed by atoms with Crippen LogP contribution in [0, 0.1) is 23.0 Å². The summed E-state index contributed by atoms with van der Waals surface area (Å²) in [6, 6.07) is 28.6. The molecule has 3 nitrogen and oxygen atoms in total. The average molecular weight is 480 g/mol. The number of esters is 1. The highest BCUT2D eigenvalue weighted by Crippen LogP contribution is 2.22. The monoisotopic (exact) mass is 479 g/mol. The Kier molecular flexibility index (Phi) is 7.67. The van der Waals surface area contributed by atoms with Crippen molar-refractivity contribution < 1.29 is 18.3 Å². The molecule has 0 aliphatic heterocycles. The van der Waals surface area contributed by atoms with Gasteiger partial charge in [0.15, 0.2) is 0 Å². The number of nitriles is 1. The largest absolute Gasteiger partial charge is 0.423 e. The quantitative estimate of drug-likeness (QED) is 0.156. The maximum atomic E-state index is 13.7. The van der Waals surface area contributed by atoms with Gasteiger partial charge in [0, 0.05) is 12.1 Å². The first-order valence-corrected chi connectivity index (χ1v) is 11.5. The van der Waals surface area contributed by atoms with Gasteiger partial charge >= 0.3 is 5.97 Å². The fourth-order valence-corrected chi connectivity index (χ4v) is 3.82. The summed E-state index contributed by atoms with van der Waals surface area (Å²) in [6.45, 7) is 2.23. The van der Waals surface area contributed by atoms with Gasteiger partial charge < -0.3 is 4.74 Å². The van der Waals surface area contributed by atoms with Gasteiger partial charge in [-0.25, -0.2) is 13.6 Å². The molecule has 0 heterocycles. The van der Waals surface area contributed by atoms with Crippen LogP contribution in [0.15, 0.2) is 91.0 Å². The Morgan fingerprint density at radius 3 is 2.00 bits per heavy atom. The number of hydrogen-bond acceptors (Lipinski definition) is 3. The Balaban J connectivity index is 1.36. The van der Waals surface area contributed by atoms with Gasteiger partial charge in [-0.1, -0.05) is 85.8 Å². The number of benzene rings is 4. The van der Waals surface area contributed by atoms with Crippen LogP contribution in [0.4, 0.5) is 8.78 Å². The van der Waals surface area contributed by atoms with Crippen molar-refractivity contribution in [2.75, 3.05) is 0 Å². The molecule has 4 aromatic carbocycles. The van der Waals surface area contributed by atoms with E-state index in [0.29, 0.717) is 5.92 Å².